The molecule has 1 aromatic heterocycles. The maximum absolute atomic E-state index is 12.2. The van der Waals surface area contributed by atoms with Crippen molar-refractivity contribution in [1.82, 2.24) is 15.2 Å². The van der Waals surface area contributed by atoms with Crippen molar-refractivity contribution in [3.8, 4) is 0 Å². The van der Waals surface area contributed by atoms with E-state index in [9.17, 15) is 4.79 Å². The lowest BCUT2D eigenvalue weighted by molar-refractivity contribution is 0.133. The van der Waals surface area contributed by atoms with Gasteiger partial charge in [-0.25, -0.2) is 9.78 Å². The van der Waals surface area contributed by atoms with Crippen molar-refractivity contribution in [2.24, 2.45) is 5.92 Å². The zero-order chi connectivity index (χ0) is 15.4. The molecule has 118 valence electrons. The highest BCUT2D eigenvalue weighted by atomic mass is 16.4. The summed E-state index contributed by atoms with van der Waals surface area (Å²) in [4.78, 5) is 18.2. The molecule has 2 rings (SSSR count). The zero-order valence-electron chi connectivity index (χ0n) is 13.1. The molecule has 6 heteroatoms. The first-order valence-electron chi connectivity index (χ1n) is 7.55. The average molecular weight is 295 g/mol. The molecule has 21 heavy (non-hydrogen) atoms. The minimum absolute atomic E-state index is 0.101. The van der Waals surface area contributed by atoms with E-state index in [4.69, 9.17) is 9.52 Å². The summed E-state index contributed by atoms with van der Waals surface area (Å²) in [5.41, 5.74) is 0.856. The number of amides is 2. The molecule has 1 aromatic rings. The van der Waals surface area contributed by atoms with Gasteiger partial charge in [0.25, 0.3) is 0 Å². The first-order chi connectivity index (χ1) is 10.0. The van der Waals surface area contributed by atoms with Crippen LogP contribution < -0.4 is 5.32 Å². The van der Waals surface area contributed by atoms with Gasteiger partial charge in [0.2, 0.25) is 5.89 Å². The normalized spacial score (nSPS) is 22.1. The van der Waals surface area contributed by atoms with Gasteiger partial charge in [-0.15, -0.1) is 0 Å². The van der Waals surface area contributed by atoms with Gasteiger partial charge in [-0.2, -0.15) is 0 Å². The van der Waals surface area contributed by atoms with Gasteiger partial charge < -0.3 is 19.7 Å². The van der Waals surface area contributed by atoms with Crippen molar-refractivity contribution >= 4 is 6.03 Å². The second kappa shape index (κ2) is 6.93. The number of nitrogens with zero attached hydrogens (tertiary/aromatic N) is 2. The summed E-state index contributed by atoms with van der Waals surface area (Å²) < 4.78 is 5.45. The van der Waals surface area contributed by atoms with Crippen LogP contribution in [0.15, 0.2) is 4.42 Å². The number of hydrogen-bond donors (Lipinski definition) is 2. The van der Waals surface area contributed by atoms with Crippen molar-refractivity contribution in [3.05, 3.63) is 17.3 Å². The molecule has 1 fully saturated rings. The van der Waals surface area contributed by atoms with Gasteiger partial charge in [-0.3, -0.25) is 0 Å². The monoisotopic (exact) mass is 295 g/mol. The number of aromatic nitrogens is 1. The van der Waals surface area contributed by atoms with E-state index >= 15 is 0 Å². The van der Waals surface area contributed by atoms with Crippen LogP contribution in [0.4, 0.5) is 4.79 Å². The summed E-state index contributed by atoms with van der Waals surface area (Å²) in [6.07, 6.45) is 3.87. The molecular weight excluding hydrogens is 270 g/mol. The van der Waals surface area contributed by atoms with Gasteiger partial charge in [-0.1, -0.05) is 0 Å². The lowest BCUT2D eigenvalue weighted by Gasteiger charge is -2.34. The first kappa shape index (κ1) is 15.8. The number of oxazole rings is 1. The maximum Gasteiger partial charge on any atom is 0.317 e. The fourth-order valence-corrected chi connectivity index (χ4v) is 2.77. The van der Waals surface area contributed by atoms with Crippen LogP contribution in [0.2, 0.25) is 0 Å². The Balaban J connectivity index is 1.80. The predicted octanol–water partition coefficient (Wildman–Crippen LogP) is 1.98. The van der Waals surface area contributed by atoms with Crippen molar-refractivity contribution in [2.75, 3.05) is 13.7 Å². The molecule has 0 bridgehead atoms. The summed E-state index contributed by atoms with van der Waals surface area (Å²) in [5, 5.41) is 12.0. The highest BCUT2D eigenvalue weighted by Crippen LogP contribution is 2.26. The molecule has 1 aliphatic rings. The van der Waals surface area contributed by atoms with Crippen LogP contribution in [0, 0.1) is 19.8 Å². The van der Waals surface area contributed by atoms with Gasteiger partial charge in [0.05, 0.1) is 12.2 Å². The number of nitrogens with one attached hydrogen (secondary N) is 1. The quantitative estimate of drug-likeness (QED) is 0.890. The molecule has 0 aliphatic heterocycles. The van der Waals surface area contributed by atoms with Gasteiger partial charge in [0.15, 0.2) is 0 Å². The number of aryl methyl sites for hydroxylation is 2. The standard InChI is InChI=1S/C15H25N3O3/c1-10-11(2)21-14(17-10)8-16-15(20)18(3)13-6-4-12(9-19)5-7-13/h12-13,19H,4-9H2,1-3H3,(H,16,20). The smallest absolute Gasteiger partial charge is 0.317 e. The summed E-state index contributed by atoms with van der Waals surface area (Å²) in [5.74, 6) is 1.72. The van der Waals surface area contributed by atoms with Crippen molar-refractivity contribution in [1.29, 1.82) is 0 Å². The number of aliphatic hydroxyl groups is 1. The molecule has 0 atom stereocenters. The molecule has 1 saturated carbocycles. The molecule has 1 aliphatic carbocycles. The molecule has 2 N–H and O–H groups in total. The molecule has 0 spiro atoms. The summed E-state index contributed by atoms with van der Waals surface area (Å²) >= 11 is 0. The number of aliphatic hydroxyl groups excluding tert-OH is 1. The first-order valence-corrected chi connectivity index (χ1v) is 7.55. The van der Waals surface area contributed by atoms with Crippen LogP contribution in [0.3, 0.4) is 0 Å². The molecule has 6 nitrogen and oxygen atoms in total. The van der Waals surface area contributed by atoms with Crippen LogP contribution in [0.1, 0.15) is 43.0 Å². The molecule has 0 saturated heterocycles. The van der Waals surface area contributed by atoms with Crippen molar-refractivity contribution in [3.63, 3.8) is 0 Å². The molecule has 0 aromatic carbocycles. The SMILES string of the molecule is Cc1nc(CNC(=O)N(C)C2CCC(CO)CC2)oc1C. The Hall–Kier alpha value is -1.56. The third kappa shape index (κ3) is 3.97. The minimum Gasteiger partial charge on any atom is -0.444 e. The number of carbonyl (C=O) groups excluding carboxylic acids is 1. The molecule has 0 unspecified atom stereocenters. The van der Waals surface area contributed by atoms with Gasteiger partial charge in [-0.05, 0) is 45.4 Å². The van der Waals surface area contributed by atoms with E-state index < -0.39 is 0 Å². The van der Waals surface area contributed by atoms with E-state index in [2.05, 4.69) is 10.3 Å². The van der Waals surface area contributed by atoms with Crippen LogP contribution >= 0.6 is 0 Å². The van der Waals surface area contributed by atoms with Crippen molar-refractivity contribution < 1.29 is 14.3 Å². The van der Waals surface area contributed by atoms with Crippen LogP contribution in [-0.4, -0.2) is 40.7 Å². The molecule has 1 heterocycles. The van der Waals surface area contributed by atoms with Crippen LogP contribution in [0.25, 0.3) is 0 Å². The number of urea groups is 1. The van der Waals surface area contributed by atoms with E-state index in [1.165, 1.54) is 0 Å². The largest absolute Gasteiger partial charge is 0.444 e. The Morgan fingerprint density at radius 2 is 2.05 bits per heavy atom. The molecular formula is C15H25N3O3. The van der Waals surface area contributed by atoms with Gasteiger partial charge in [0.1, 0.15) is 5.76 Å². The predicted molar refractivity (Wildman–Crippen MR) is 78.8 cm³/mol. The highest BCUT2D eigenvalue weighted by Gasteiger charge is 2.26. The summed E-state index contributed by atoms with van der Waals surface area (Å²) in [7, 11) is 1.82. The topological polar surface area (TPSA) is 78.6 Å². The minimum atomic E-state index is -0.101. The zero-order valence-corrected chi connectivity index (χ0v) is 13.1. The van der Waals surface area contributed by atoms with Gasteiger partial charge >= 0.3 is 6.03 Å². The Morgan fingerprint density at radius 1 is 1.38 bits per heavy atom. The Bertz CT molecular complexity index is 459. The molecule has 2 amide bonds. The fraction of sp³-hybridized carbons (Fsp3) is 0.733. The Kier molecular flexibility index (Phi) is 5.22. The van der Waals surface area contributed by atoms with Gasteiger partial charge in [0, 0.05) is 19.7 Å². The lowest BCUT2D eigenvalue weighted by Crippen LogP contribution is -2.45. The van der Waals surface area contributed by atoms with Crippen molar-refractivity contribution in [2.45, 2.75) is 52.1 Å². The van der Waals surface area contributed by atoms with E-state index in [0.717, 1.165) is 37.1 Å². The number of hydrogen-bond acceptors (Lipinski definition) is 4. The Morgan fingerprint density at radius 3 is 2.57 bits per heavy atom. The second-order valence-corrected chi connectivity index (χ2v) is 5.88. The molecule has 0 radical (unpaired) electrons. The number of rotatable bonds is 4. The van der Waals surface area contributed by atoms with Crippen LogP contribution in [-0.2, 0) is 6.54 Å². The fourth-order valence-electron chi connectivity index (χ4n) is 2.77. The number of carbonyl (C=O) groups is 1. The summed E-state index contributed by atoms with van der Waals surface area (Å²) in [6.45, 7) is 4.31. The van der Waals surface area contributed by atoms with E-state index in [1.807, 2.05) is 20.9 Å². The third-order valence-corrected chi connectivity index (χ3v) is 4.41. The maximum atomic E-state index is 12.2. The highest BCUT2D eigenvalue weighted by molar-refractivity contribution is 5.74. The van der Waals surface area contributed by atoms with E-state index in [-0.39, 0.29) is 18.7 Å². The second-order valence-electron chi connectivity index (χ2n) is 5.88. The summed E-state index contributed by atoms with van der Waals surface area (Å²) in [6, 6.07) is 0.150. The average Bonchev–Trinajstić information content (AvgIpc) is 2.82. The third-order valence-electron chi connectivity index (χ3n) is 4.41. The van der Waals surface area contributed by atoms with E-state index in [0.29, 0.717) is 18.4 Å². The van der Waals surface area contributed by atoms with Crippen LogP contribution in [0.5, 0.6) is 0 Å². The lowest BCUT2D eigenvalue weighted by atomic mass is 9.86. The van der Waals surface area contributed by atoms with E-state index in [1.54, 1.807) is 4.90 Å². The Labute approximate surface area is 125 Å².